The van der Waals surface area contributed by atoms with Gasteiger partial charge in [-0.05, 0) is 30.6 Å². The van der Waals surface area contributed by atoms with Crippen LogP contribution in [-0.4, -0.2) is 11.2 Å². The van der Waals surface area contributed by atoms with Crippen LogP contribution in [0.2, 0.25) is 0 Å². The normalized spacial score (nSPS) is 29.2. The van der Waals surface area contributed by atoms with E-state index in [0.717, 1.165) is 18.3 Å². The van der Waals surface area contributed by atoms with E-state index in [0.29, 0.717) is 5.92 Å². The van der Waals surface area contributed by atoms with Crippen LogP contribution in [0.1, 0.15) is 72.1 Å². The highest BCUT2D eigenvalue weighted by molar-refractivity contribution is 4.81. The minimum Gasteiger partial charge on any atom is -0.393 e. The lowest BCUT2D eigenvalue weighted by molar-refractivity contribution is 0.0637. The van der Waals surface area contributed by atoms with Crippen LogP contribution in [0, 0.1) is 17.8 Å². The highest BCUT2D eigenvalue weighted by Crippen LogP contribution is 2.36. The first-order chi connectivity index (χ1) is 7.69. The molecule has 1 N–H and O–H groups in total. The molecule has 1 nitrogen and oxygen atoms in total. The highest BCUT2D eigenvalue weighted by atomic mass is 16.3. The van der Waals surface area contributed by atoms with Crippen LogP contribution < -0.4 is 0 Å². The summed E-state index contributed by atoms with van der Waals surface area (Å²) in [6.07, 6.45) is 10.1. The van der Waals surface area contributed by atoms with Gasteiger partial charge in [-0.15, -0.1) is 0 Å². The Kier molecular flexibility index (Phi) is 6.41. The topological polar surface area (TPSA) is 20.2 Å². The molecule has 0 aromatic heterocycles. The van der Waals surface area contributed by atoms with E-state index < -0.39 is 0 Å². The second kappa shape index (κ2) is 7.32. The summed E-state index contributed by atoms with van der Waals surface area (Å²) in [5, 5.41) is 10.3. The Labute approximate surface area is 102 Å². The van der Waals surface area contributed by atoms with Crippen LogP contribution in [0.3, 0.4) is 0 Å². The van der Waals surface area contributed by atoms with E-state index in [-0.39, 0.29) is 6.10 Å². The van der Waals surface area contributed by atoms with Gasteiger partial charge in [-0.2, -0.15) is 0 Å². The largest absolute Gasteiger partial charge is 0.393 e. The average molecular weight is 226 g/mol. The third kappa shape index (κ3) is 4.08. The molecule has 0 spiro atoms. The smallest absolute Gasteiger partial charge is 0.0573 e. The SMILES string of the molecule is CCCCC(CC)CC(O)C1CCCC1C. The van der Waals surface area contributed by atoms with E-state index >= 15 is 0 Å². The fourth-order valence-electron chi connectivity index (χ4n) is 3.24. The molecule has 96 valence electrons. The highest BCUT2D eigenvalue weighted by Gasteiger charge is 2.30. The monoisotopic (exact) mass is 226 g/mol. The molecule has 1 saturated carbocycles. The molecule has 0 aromatic rings. The van der Waals surface area contributed by atoms with E-state index in [2.05, 4.69) is 20.8 Å². The second-order valence-corrected chi connectivity index (χ2v) is 5.79. The summed E-state index contributed by atoms with van der Waals surface area (Å²) in [7, 11) is 0. The first-order valence-electron chi connectivity index (χ1n) is 7.37. The Balaban J connectivity index is 2.32. The van der Waals surface area contributed by atoms with E-state index in [9.17, 15) is 5.11 Å². The Hall–Kier alpha value is -0.0400. The van der Waals surface area contributed by atoms with Crippen LogP contribution in [0.15, 0.2) is 0 Å². The van der Waals surface area contributed by atoms with Gasteiger partial charge >= 0.3 is 0 Å². The quantitative estimate of drug-likeness (QED) is 0.682. The summed E-state index contributed by atoms with van der Waals surface area (Å²) in [4.78, 5) is 0. The van der Waals surface area contributed by atoms with Gasteiger partial charge in [-0.25, -0.2) is 0 Å². The number of rotatable bonds is 7. The molecule has 1 aliphatic rings. The van der Waals surface area contributed by atoms with Crippen LogP contribution in [-0.2, 0) is 0 Å². The number of aliphatic hydroxyl groups is 1. The molecular weight excluding hydrogens is 196 g/mol. The van der Waals surface area contributed by atoms with E-state index in [4.69, 9.17) is 0 Å². The molecule has 0 aliphatic heterocycles. The zero-order valence-electron chi connectivity index (χ0n) is 11.4. The number of aliphatic hydroxyl groups excluding tert-OH is 1. The maximum absolute atomic E-state index is 10.3. The summed E-state index contributed by atoms with van der Waals surface area (Å²) >= 11 is 0. The van der Waals surface area contributed by atoms with Crippen molar-refractivity contribution in [1.82, 2.24) is 0 Å². The average Bonchev–Trinajstić information content (AvgIpc) is 2.70. The first-order valence-corrected chi connectivity index (χ1v) is 7.37. The van der Waals surface area contributed by atoms with E-state index in [1.807, 2.05) is 0 Å². The first kappa shape index (κ1) is 14.0. The summed E-state index contributed by atoms with van der Waals surface area (Å²) in [5.74, 6) is 2.09. The van der Waals surface area contributed by atoms with Crippen molar-refractivity contribution in [3.05, 3.63) is 0 Å². The zero-order valence-corrected chi connectivity index (χ0v) is 11.4. The van der Waals surface area contributed by atoms with Crippen LogP contribution in [0.5, 0.6) is 0 Å². The van der Waals surface area contributed by atoms with Gasteiger partial charge in [0.05, 0.1) is 6.10 Å². The third-order valence-electron chi connectivity index (χ3n) is 4.54. The molecule has 4 atom stereocenters. The number of hydrogen-bond acceptors (Lipinski definition) is 1. The summed E-state index contributed by atoms with van der Waals surface area (Å²) in [5.41, 5.74) is 0. The van der Waals surface area contributed by atoms with Crippen molar-refractivity contribution in [1.29, 1.82) is 0 Å². The van der Waals surface area contributed by atoms with Gasteiger partial charge in [-0.1, -0.05) is 59.3 Å². The van der Waals surface area contributed by atoms with Crippen molar-refractivity contribution in [2.75, 3.05) is 0 Å². The Bertz CT molecular complexity index is 178. The molecule has 1 aliphatic carbocycles. The minimum absolute atomic E-state index is 0.0284. The van der Waals surface area contributed by atoms with Crippen molar-refractivity contribution < 1.29 is 5.11 Å². The van der Waals surface area contributed by atoms with Gasteiger partial charge in [0.2, 0.25) is 0 Å². The molecule has 0 aromatic carbocycles. The van der Waals surface area contributed by atoms with Crippen molar-refractivity contribution in [2.45, 2.75) is 78.2 Å². The van der Waals surface area contributed by atoms with Gasteiger partial charge in [-0.3, -0.25) is 0 Å². The van der Waals surface area contributed by atoms with Crippen LogP contribution in [0.4, 0.5) is 0 Å². The molecule has 0 amide bonds. The molecule has 0 radical (unpaired) electrons. The molecule has 0 heterocycles. The predicted molar refractivity (Wildman–Crippen MR) is 70.4 cm³/mol. The van der Waals surface area contributed by atoms with Gasteiger partial charge in [0.25, 0.3) is 0 Å². The lowest BCUT2D eigenvalue weighted by Crippen LogP contribution is -2.25. The Morgan fingerprint density at radius 2 is 2.00 bits per heavy atom. The predicted octanol–water partition coefficient (Wildman–Crippen LogP) is 4.39. The maximum Gasteiger partial charge on any atom is 0.0573 e. The third-order valence-corrected chi connectivity index (χ3v) is 4.54. The van der Waals surface area contributed by atoms with Crippen molar-refractivity contribution in [3.8, 4) is 0 Å². The van der Waals surface area contributed by atoms with E-state index in [1.165, 1.54) is 44.9 Å². The summed E-state index contributed by atoms with van der Waals surface area (Å²) in [6.45, 7) is 6.83. The lowest BCUT2D eigenvalue weighted by atomic mass is 9.84. The van der Waals surface area contributed by atoms with Crippen molar-refractivity contribution >= 4 is 0 Å². The number of unbranched alkanes of at least 4 members (excludes halogenated alkanes) is 1. The molecule has 1 fully saturated rings. The minimum atomic E-state index is -0.0284. The molecule has 1 heteroatoms. The van der Waals surface area contributed by atoms with Gasteiger partial charge < -0.3 is 5.11 Å². The molecule has 1 rings (SSSR count). The second-order valence-electron chi connectivity index (χ2n) is 5.79. The Morgan fingerprint density at radius 1 is 1.25 bits per heavy atom. The number of hydrogen-bond donors (Lipinski definition) is 1. The van der Waals surface area contributed by atoms with Gasteiger partial charge in [0, 0.05) is 0 Å². The lowest BCUT2D eigenvalue weighted by Gasteiger charge is -2.26. The molecule has 16 heavy (non-hydrogen) atoms. The molecule has 4 unspecified atom stereocenters. The molecule has 0 saturated heterocycles. The van der Waals surface area contributed by atoms with E-state index in [1.54, 1.807) is 0 Å². The standard InChI is InChI=1S/C15H30O/c1-4-6-9-13(5-2)11-15(16)14-10-7-8-12(14)3/h12-16H,4-11H2,1-3H3. The zero-order chi connectivity index (χ0) is 12.0. The van der Waals surface area contributed by atoms with Gasteiger partial charge in [0.1, 0.15) is 0 Å². The van der Waals surface area contributed by atoms with Crippen LogP contribution >= 0.6 is 0 Å². The van der Waals surface area contributed by atoms with Crippen molar-refractivity contribution in [2.24, 2.45) is 17.8 Å². The fraction of sp³-hybridized carbons (Fsp3) is 1.00. The van der Waals surface area contributed by atoms with Crippen molar-refractivity contribution in [3.63, 3.8) is 0 Å². The summed E-state index contributed by atoms with van der Waals surface area (Å²) in [6, 6.07) is 0. The van der Waals surface area contributed by atoms with Gasteiger partial charge in [0.15, 0.2) is 0 Å². The fourth-order valence-corrected chi connectivity index (χ4v) is 3.24. The molecular formula is C15H30O. The summed E-state index contributed by atoms with van der Waals surface area (Å²) < 4.78 is 0. The molecule has 0 bridgehead atoms. The van der Waals surface area contributed by atoms with Crippen LogP contribution in [0.25, 0.3) is 0 Å². The maximum atomic E-state index is 10.3. The Morgan fingerprint density at radius 3 is 2.50 bits per heavy atom.